The third-order valence-corrected chi connectivity index (χ3v) is 4.20. The number of carbonyl (C=O) groups excluding carboxylic acids is 1. The highest BCUT2D eigenvalue weighted by molar-refractivity contribution is 14.1. The van der Waals surface area contributed by atoms with E-state index in [-0.39, 0.29) is 5.91 Å². The number of carbonyl (C=O) groups is 1. The number of rotatable bonds is 2. The van der Waals surface area contributed by atoms with E-state index in [0.717, 1.165) is 14.5 Å². The highest BCUT2D eigenvalue weighted by atomic mass is 127. The van der Waals surface area contributed by atoms with Gasteiger partial charge < -0.3 is 5.32 Å². The smallest absolute Gasteiger partial charge is 0.256 e. The normalized spacial score (nSPS) is 10.6. The van der Waals surface area contributed by atoms with E-state index in [1.165, 1.54) is 0 Å². The van der Waals surface area contributed by atoms with Crippen molar-refractivity contribution >= 4 is 56.7 Å². The molecule has 0 saturated heterocycles. The van der Waals surface area contributed by atoms with Crippen molar-refractivity contribution in [1.82, 2.24) is 4.98 Å². The number of anilines is 1. The third-order valence-electron chi connectivity index (χ3n) is 3.04. The molecular weight excluding hydrogens is 399 g/mol. The van der Waals surface area contributed by atoms with Crippen molar-refractivity contribution in [3.63, 3.8) is 0 Å². The zero-order valence-corrected chi connectivity index (χ0v) is 13.7. The molecule has 1 N–H and O–H groups in total. The summed E-state index contributed by atoms with van der Waals surface area (Å²) < 4.78 is 0.895. The molecule has 0 fully saturated rings. The van der Waals surface area contributed by atoms with Gasteiger partial charge in [-0.1, -0.05) is 29.8 Å². The molecule has 0 unspecified atom stereocenters. The number of fused-ring (bicyclic) bond motifs is 1. The largest absolute Gasteiger partial charge is 0.320 e. The standard InChI is InChI=1S/C16H10ClIN2O/c17-11-8-10-4-3-7-19-15(10)14(9-11)20-16(21)12-5-1-2-6-13(12)18/h1-9H,(H,20,21). The Morgan fingerprint density at radius 3 is 2.76 bits per heavy atom. The maximum Gasteiger partial charge on any atom is 0.256 e. The van der Waals surface area contributed by atoms with Crippen LogP contribution in [0.3, 0.4) is 0 Å². The van der Waals surface area contributed by atoms with Crippen molar-refractivity contribution in [2.24, 2.45) is 0 Å². The summed E-state index contributed by atoms with van der Waals surface area (Å²) in [5.74, 6) is -0.172. The molecule has 3 aromatic rings. The lowest BCUT2D eigenvalue weighted by Crippen LogP contribution is -2.13. The molecule has 0 atom stereocenters. The second-order valence-electron chi connectivity index (χ2n) is 4.46. The second-order valence-corrected chi connectivity index (χ2v) is 6.06. The Bertz CT molecular complexity index is 835. The number of nitrogens with one attached hydrogen (secondary N) is 1. The summed E-state index contributed by atoms with van der Waals surface area (Å²) in [6, 6.07) is 14.7. The van der Waals surface area contributed by atoms with Gasteiger partial charge in [-0.15, -0.1) is 0 Å². The minimum atomic E-state index is -0.172. The van der Waals surface area contributed by atoms with Crippen molar-refractivity contribution in [1.29, 1.82) is 0 Å². The van der Waals surface area contributed by atoms with Crippen LogP contribution in [-0.4, -0.2) is 10.9 Å². The molecule has 0 aliphatic rings. The van der Waals surface area contributed by atoms with E-state index in [4.69, 9.17) is 11.6 Å². The van der Waals surface area contributed by atoms with Crippen molar-refractivity contribution in [3.8, 4) is 0 Å². The Morgan fingerprint density at radius 2 is 1.95 bits per heavy atom. The van der Waals surface area contributed by atoms with Crippen LogP contribution in [0.2, 0.25) is 5.02 Å². The van der Waals surface area contributed by atoms with Crippen LogP contribution in [-0.2, 0) is 0 Å². The molecule has 0 aliphatic carbocycles. The molecular formula is C16H10ClIN2O. The summed E-state index contributed by atoms with van der Waals surface area (Å²) in [5.41, 5.74) is 1.96. The number of amides is 1. The molecule has 0 bridgehead atoms. The van der Waals surface area contributed by atoms with Gasteiger partial charge in [-0.25, -0.2) is 0 Å². The number of hydrogen-bond acceptors (Lipinski definition) is 2. The zero-order chi connectivity index (χ0) is 14.8. The topological polar surface area (TPSA) is 42.0 Å². The average molecular weight is 409 g/mol. The van der Waals surface area contributed by atoms with Crippen LogP contribution >= 0.6 is 34.2 Å². The molecule has 0 spiro atoms. The molecule has 2 aromatic carbocycles. The summed E-state index contributed by atoms with van der Waals surface area (Å²) in [7, 11) is 0. The first-order valence-corrected chi connectivity index (χ1v) is 7.71. The lowest BCUT2D eigenvalue weighted by Gasteiger charge is -2.10. The Morgan fingerprint density at radius 1 is 1.14 bits per heavy atom. The summed E-state index contributed by atoms with van der Waals surface area (Å²) in [6.45, 7) is 0. The van der Waals surface area contributed by atoms with E-state index in [9.17, 15) is 4.79 Å². The van der Waals surface area contributed by atoms with Gasteiger partial charge in [0.25, 0.3) is 5.91 Å². The maximum atomic E-state index is 12.4. The Hall–Kier alpha value is -1.66. The molecule has 1 aromatic heterocycles. The van der Waals surface area contributed by atoms with Crippen molar-refractivity contribution < 1.29 is 4.79 Å². The van der Waals surface area contributed by atoms with E-state index < -0.39 is 0 Å². The maximum absolute atomic E-state index is 12.4. The van der Waals surface area contributed by atoms with Crippen LogP contribution < -0.4 is 5.32 Å². The number of aromatic nitrogens is 1. The van der Waals surface area contributed by atoms with E-state index >= 15 is 0 Å². The quantitative estimate of drug-likeness (QED) is 0.622. The minimum Gasteiger partial charge on any atom is -0.320 e. The van der Waals surface area contributed by atoms with Gasteiger partial charge in [0.05, 0.1) is 16.8 Å². The van der Waals surface area contributed by atoms with Crippen molar-refractivity contribution in [2.45, 2.75) is 0 Å². The summed E-state index contributed by atoms with van der Waals surface area (Å²) in [6.07, 6.45) is 1.69. The van der Waals surface area contributed by atoms with Crippen LogP contribution in [0.4, 0.5) is 5.69 Å². The lowest BCUT2D eigenvalue weighted by atomic mass is 10.1. The first-order chi connectivity index (χ1) is 10.1. The fourth-order valence-corrected chi connectivity index (χ4v) is 2.95. The highest BCUT2D eigenvalue weighted by Crippen LogP contribution is 2.27. The average Bonchev–Trinajstić information content (AvgIpc) is 2.47. The van der Waals surface area contributed by atoms with Crippen LogP contribution in [0.25, 0.3) is 10.9 Å². The molecule has 0 aliphatic heterocycles. The van der Waals surface area contributed by atoms with E-state index in [2.05, 4.69) is 32.9 Å². The molecule has 3 nitrogen and oxygen atoms in total. The Kier molecular flexibility index (Phi) is 4.07. The summed E-state index contributed by atoms with van der Waals surface area (Å²) in [5, 5.41) is 4.35. The van der Waals surface area contributed by atoms with Crippen molar-refractivity contribution in [2.75, 3.05) is 5.32 Å². The highest BCUT2D eigenvalue weighted by Gasteiger charge is 2.12. The van der Waals surface area contributed by atoms with Gasteiger partial charge in [0.15, 0.2) is 0 Å². The van der Waals surface area contributed by atoms with Gasteiger partial charge in [0.2, 0.25) is 0 Å². The fourth-order valence-electron chi connectivity index (χ4n) is 2.09. The zero-order valence-electron chi connectivity index (χ0n) is 10.8. The number of hydrogen-bond donors (Lipinski definition) is 1. The number of nitrogens with zero attached hydrogens (tertiary/aromatic N) is 1. The summed E-state index contributed by atoms with van der Waals surface area (Å²) >= 11 is 8.24. The lowest BCUT2D eigenvalue weighted by molar-refractivity contribution is 0.102. The Balaban J connectivity index is 2.02. The minimum absolute atomic E-state index is 0.172. The molecule has 1 heterocycles. The van der Waals surface area contributed by atoms with E-state index in [1.807, 2.05) is 36.4 Å². The van der Waals surface area contributed by atoms with E-state index in [1.54, 1.807) is 18.3 Å². The molecule has 1 amide bonds. The predicted molar refractivity (Wildman–Crippen MR) is 93.9 cm³/mol. The second kappa shape index (κ2) is 5.99. The molecule has 104 valence electrons. The Labute approximate surface area is 140 Å². The first kappa shape index (κ1) is 14.3. The van der Waals surface area contributed by atoms with Crippen LogP contribution in [0.15, 0.2) is 54.7 Å². The first-order valence-electron chi connectivity index (χ1n) is 6.25. The summed E-state index contributed by atoms with van der Waals surface area (Å²) in [4.78, 5) is 16.7. The number of pyridine rings is 1. The van der Waals surface area contributed by atoms with Gasteiger partial charge in [0, 0.05) is 20.2 Å². The van der Waals surface area contributed by atoms with Crippen LogP contribution in [0, 0.1) is 3.57 Å². The molecule has 21 heavy (non-hydrogen) atoms. The van der Waals surface area contributed by atoms with Gasteiger partial charge in [0.1, 0.15) is 0 Å². The van der Waals surface area contributed by atoms with Crippen LogP contribution in [0.1, 0.15) is 10.4 Å². The molecule has 0 saturated carbocycles. The van der Waals surface area contributed by atoms with Gasteiger partial charge in [-0.05, 0) is 52.9 Å². The SMILES string of the molecule is O=C(Nc1cc(Cl)cc2cccnc12)c1ccccc1I. The molecule has 3 rings (SSSR count). The van der Waals surface area contributed by atoms with E-state index in [0.29, 0.717) is 16.3 Å². The predicted octanol–water partition coefficient (Wildman–Crippen LogP) is 4.75. The molecule has 5 heteroatoms. The number of halogens is 2. The monoisotopic (exact) mass is 408 g/mol. The van der Waals surface area contributed by atoms with Crippen molar-refractivity contribution in [3.05, 3.63) is 68.9 Å². The van der Waals surface area contributed by atoms with Gasteiger partial charge in [-0.2, -0.15) is 0 Å². The number of benzene rings is 2. The molecule has 0 radical (unpaired) electrons. The van der Waals surface area contributed by atoms with Gasteiger partial charge in [-0.3, -0.25) is 9.78 Å². The third kappa shape index (κ3) is 3.01. The van der Waals surface area contributed by atoms with Crippen LogP contribution in [0.5, 0.6) is 0 Å². The van der Waals surface area contributed by atoms with Gasteiger partial charge >= 0.3 is 0 Å². The fraction of sp³-hybridized carbons (Fsp3) is 0.